The summed E-state index contributed by atoms with van der Waals surface area (Å²) in [5.41, 5.74) is -0.507. The lowest BCUT2D eigenvalue weighted by Crippen LogP contribution is -2.06. The molecule has 6 heteroatoms. The van der Waals surface area contributed by atoms with Crippen molar-refractivity contribution in [3.8, 4) is 5.75 Å². The van der Waals surface area contributed by atoms with Crippen molar-refractivity contribution in [2.45, 2.75) is 6.92 Å². The summed E-state index contributed by atoms with van der Waals surface area (Å²) in [6, 6.07) is 3.14. The molecule has 0 aliphatic heterocycles. The molecular weight excluding hydrogens is 216 g/mol. The van der Waals surface area contributed by atoms with Crippen molar-refractivity contribution in [1.29, 1.82) is 0 Å². The molecule has 1 aromatic carbocycles. The number of hydrogen-bond acceptors (Lipinski definition) is 4. The Morgan fingerprint density at radius 1 is 1.00 bits per heavy atom. The third-order valence-corrected chi connectivity index (χ3v) is 1.66. The predicted molar refractivity (Wildman–Crippen MR) is 51.7 cm³/mol. The number of rotatable bonds is 3. The molecule has 0 bridgehead atoms. The second-order valence-electron chi connectivity index (χ2n) is 2.95. The number of benzene rings is 1. The van der Waals surface area contributed by atoms with Gasteiger partial charge in [0.1, 0.15) is 5.75 Å². The van der Waals surface area contributed by atoms with Gasteiger partial charge < -0.3 is 14.9 Å². The highest BCUT2D eigenvalue weighted by atomic mass is 16.5. The van der Waals surface area contributed by atoms with Gasteiger partial charge in [0, 0.05) is 6.92 Å². The number of carbonyl (C=O) groups is 3. The number of esters is 1. The van der Waals surface area contributed by atoms with E-state index >= 15 is 0 Å². The van der Waals surface area contributed by atoms with E-state index in [4.69, 9.17) is 10.2 Å². The van der Waals surface area contributed by atoms with Crippen LogP contribution in [0.15, 0.2) is 18.2 Å². The standard InChI is InChI=1S/C10H8O6/c1-5(11)16-8-3-6(9(12)13)2-7(4-8)10(14)15/h2-4H,1H3,(H,12,13)(H,14,15). The Bertz CT molecular complexity index is 430. The Balaban J connectivity index is 3.23. The Kier molecular flexibility index (Phi) is 3.24. The summed E-state index contributed by atoms with van der Waals surface area (Å²) in [4.78, 5) is 32.0. The van der Waals surface area contributed by atoms with Crippen LogP contribution in [0.2, 0.25) is 0 Å². The molecule has 16 heavy (non-hydrogen) atoms. The molecule has 6 nitrogen and oxygen atoms in total. The molecular formula is C10H8O6. The number of carboxylic acids is 2. The fourth-order valence-electron chi connectivity index (χ4n) is 1.07. The van der Waals surface area contributed by atoms with Crippen molar-refractivity contribution < 1.29 is 29.3 Å². The van der Waals surface area contributed by atoms with Crippen LogP contribution in [0.5, 0.6) is 5.75 Å². The molecule has 0 heterocycles. The third-order valence-electron chi connectivity index (χ3n) is 1.66. The van der Waals surface area contributed by atoms with Crippen LogP contribution in [0.25, 0.3) is 0 Å². The second kappa shape index (κ2) is 4.43. The van der Waals surface area contributed by atoms with Crippen molar-refractivity contribution in [2.24, 2.45) is 0 Å². The molecule has 0 aliphatic carbocycles. The van der Waals surface area contributed by atoms with Gasteiger partial charge in [-0.05, 0) is 18.2 Å². The van der Waals surface area contributed by atoms with Crippen LogP contribution in [0.1, 0.15) is 27.6 Å². The van der Waals surface area contributed by atoms with Gasteiger partial charge in [-0.15, -0.1) is 0 Å². The summed E-state index contributed by atoms with van der Waals surface area (Å²) in [7, 11) is 0. The highest BCUT2D eigenvalue weighted by Crippen LogP contribution is 2.17. The maximum Gasteiger partial charge on any atom is 0.335 e. The van der Waals surface area contributed by atoms with Crippen LogP contribution in [-0.4, -0.2) is 28.1 Å². The van der Waals surface area contributed by atoms with Crippen LogP contribution >= 0.6 is 0 Å². The summed E-state index contributed by atoms with van der Waals surface area (Å²) in [6.45, 7) is 1.13. The summed E-state index contributed by atoms with van der Waals surface area (Å²) >= 11 is 0. The van der Waals surface area contributed by atoms with Crippen molar-refractivity contribution >= 4 is 17.9 Å². The normalized spacial score (nSPS) is 9.56. The maximum absolute atomic E-state index is 10.7. The van der Waals surface area contributed by atoms with Gasteiger partial charge in [0.2, 0.25) is 0 Å². The van der Waals surface area contributed by atoms with Crippen LogP contribution in [0.4, 0.5) is 0 Å². The molecule has 0 aliphatic rings. The SMILES string of the molecule is CC(=O)Oc1cc(C(=O)O)cc(C(=O)O)c1. The summed E-state index contributed by atoms with van der Waals surface area (Å²) in [5, 5.41) is 17.4. The lowest BCUT2D eigenvalue weighted by molar-refractivity contribution is -0.131. The first-order valence-electron chi connectivity index (χ1n) is 4.20. The Morgan fingerprint density at radius 2 is 1.44 bits per heavy atom. The molecule has 0 saturated carbocycles. The first-order chi connectivity index (χ1) is 7.40. The van der Waals surface area contributed by atoms with E-state index < -0.39 is 17.9 Å². The second-order valence-corrected chi connectivity index (χ2v) is 2.95. The highest BCUT2D eigenvalue weighted by Gasteiger charge is 2.12. The van der Waals surface area contributed by atoms with Gasteiger partial charge in [0.15, 0.2) is 0 Å². The van der Waals surface area contributed by atoms with E-state index in [-0.39, 0.29) is 16.9 Å². The number of ether oxygens (including phenoxy) is 1. The highest BCUT2D eigenvalue weighted by molar-refractivity contribution is 5.94. The van der Waals surface area contributed by atoms with E-state index in [2.05, 4.69) is 4.74 Å². The van der Waals surface area contributed by atoms with E-state index in [1.807, 2.05) is 0 Å². The average Bonchev–Trinajstić information content (AvgIpc) is 2.15. The largest absolute Gasteiger partial charge is 0.478 e. The van der Waals surface area contributed by atoms with E-state index in [0.29, 0.717) is 0 Å². The van der Waals surface area contributed by atoms with Crippen molar-refractivity contribution in [3.05, 3.63) is 29.3 Å². The van der Waals surface area contributed by atoms with Crippen LogP contribution in [0, 0.1) is 0 Å². The van der Waals surface area contributed by atoms with Crippen molar-refractivity contribution in [3.63, 3.8) is 0 Å². The number of hydrogen-bond donors (Lipinski definition) is 2. The van der Waals surface area contributed by atoms with Gasteiger partial charge in [-0.25, -0.2) is 9.59 Å². The molecule has 0 atom stereocenters. The van der Waals surface area contributed by atoms with Crippen molar-refractivity contribution in [2.75, 3.05) is 0 Å². The molecule has 0 saturated heterocycles. The molecule has 84 valence electrons. The minimum Gasteiger partial charge on any atom is -0.478 e. The van der Waals surface area contributed by atoms with Gasteiger partial charge >= 0.3 is 17.9 Å². The molecule has 1 aromatic rings. The molecule has 0 unspecified atom stereocenters. The molecule has 0 spiro atoms. The van der Waals surface area contributed by atoms with Gasteiger partial charge in [0.05, 0.1) is 11.1 Å². The summed E-state index contributed by atoms with van der Waals surface area (Å²) in [6.07, 6.45) is 0. The van der Waals surface area contributed by atoms with E-state index in [1.54, 1.807) is 0 Å². The van der Waals surface area contributed by atoms with Gasteiger partial charge in [-0.2, -0.15) is 0 Å². The van der Waals surface area contributed by atoms with Crippen LogP contribution < -0.4 is 4.74 Å². The summed E-state index contributed by atoms with van der Waals surface area (Å²) in [5.74, 6) is -3.35. The minimum absolute atomic E-state index is 0.107. The monoisotopic (exact) mass is 224 g/mol. The van der Waals surface area contributed by atoms with E-state index in [0.717, 1.165) is 25.1 Å². The van der Waals surface area contributed by atoms with Crippen molar-refractivity contribution in [1.82, 2.24) is 0 Å². The number of carbonyl (C=O) groups excluding carboxylic acids is 1. The fraction of sp³-hybridized carbons (Fsp3) is 0.100. The predicted octanol–water partition coefficient (Wildman–Crippen LogP) is 1.01. The average molecular weight is 224 g/mol. The topological polar surface area (TPSA) is 101 Å². The molecule has 0 fully saturated rings. The lowest BCUT2D eigenvalue weighted by atomic mass is 10.1. The zero-order chi connectivity index (χ0) is 12.3. The number of carboxylic acid groups (broad SMARTS) is 2. The molecule has 0 amide bonds. The van der Waals surface area contributed by atoms with E-state index in [9.17, 15) is 14.4 Å². The fourth-order valence-corrected chi connectivity index (χ4v) is 1.07. The van der Waals surface area contributed by atoms with Gasteiger partial charge in [-0.1, -0.05) is 0 Å². The molecule has 1 rings (SSSR count). The lowest BCUT2D eigenvalue weighted by Gasteiger charge is -2.04. The number of aromatic carboxylic acids is 2. The quantitative estimate of drug-likeness (QED) is 0.586. The first-order valence-corrected chi connectivity index (χ1v) is 4.20. The Hall–Kier alpha value is -2.37. The summed E-state index contributed by atoms with van der Waals surface area (Å²) < 4.78 is 4.63. The van der Waals surface area contributed by atoms with Crippen LogP contribution in [0.3, 0.4) is 0 Å². The smallest absolute Gasteiger partial charge is 0.335 e. The van der Waals surface area contributed by atoms with E-state index in [1.165, 1.54) is 0 Å². The molecule has 2 N–H and O–H groups in total. The molecule has 0 aromatic heterocycles. The maximum atomic E-state index is 10.7. The van der Waals surface area contributed by atoms with Gasteiger partial charge in [0.25, 0.3) is 0 Å². The minimum atomic E-state index is -1.29. The Morgan fingerprint density at radius 3 is 1.75 bits per heavy atom. The first kappa shape index (κ1) is 11.7. The zero-order valence-corrected chi connectivity index (χ0v) is 8.26. The van der Waals surface area contributed by atoms with Gasteiger partial charge in [-0.3, -0.25) is 4.79 Å². The Labute approximate surface area is 90.1 Å². The molecule has 0 radical (unpaired) electrons. The third kappa shape index (κ3) is 2.81. The zero-order valence-electron chi connectivity index (χ0n) is 8.26. The van der Waals surface area contributed by atoms with Crippen LogP contribution in [-0.2, 0) is 4.79 Å².